The van der Waals surface area contributed by atoms with Gasteiger partial charge in [-0.2, -0.15) is 5.10 Å². The number of hydrogen-bond donors (Lipinski definition) is 3. The molecule has 3 rings (SSSR count). The molecule has 1 aliphatic heterocycles. The molecule has 130 valence electrons. The summed E-state index contributed by atoms with van der Waals surface area (Å²) in [5.74, 6) is 0.248. The normalized spacial score (nSPS) is 16.0. The molecule has 1 aliphatic rings. The van der Waals surface area contributed by atoms with Gasteiger partial charge in [-0.3, -0.25) is 4.79 Å². The molecule has 0 aromatic heterocycles. The molecule has 0 aliphatic carbocycles. The number of nitrogens with zero attached hydrogens (tertiary/aromatic N) is 1. The van der Waals surface area contributed by atoms with Crippen molar-refractivity contribution in [2.75, 3.05) is 6.61 Å². The fraction of sp³-hybridized carbons (Fsp3) is 0.125. The summed E-state index contributed by atoms with van der Waals surface area (Å²) in [6, 6.07) is 8.52. The molecule has 0 fully saturated rings. The molecule has 7 nitrogen and oxygen atoms in total. The zero-order chi connectivity index (χ0) is 18.0. The number of aromatic hydroxyl groups is 2. The number of halogens is 2. The van der Waals surface area contributed by atoms with Crippen molar-refractivity contribution < 1.29 is 24.5 Å². The van der Waals surface area contributed by atoms with E-state index < -0.39 is 12.0 Å². The van der Waals surface area contributed by atoms with Gasteiger partial charge in [-0.25, -0.2) is 5.43 Å². The van der Waals surface area contributed by atoms with Gasteiger partial charge >= 0.3 is 0 Å². The summed E-state index contributed by atoms with van der Waals surface area (Å²) in [4.78, 5) is 12.1. The number of hydrazone groups is 1. The van der Waals surface area contributed by atoms with E-state index in [9.17, 15) is 15.0 Å². The number of carbonyl (C=O) groups is 1. The molecule has 1 heterocycles. The van der Waals surface area contributed by atoms with Gasteiger partial charge in [-0.05, 0) is 50.1 Å². The fourth-order valence-electron chi connectivity index (χ4n) is 2.10. The van der Waals surface area contributed by atoms with E-state index in [2.05, 4.69) is 42.4 Å². The second-order valence-corrected chi connectivity index (χ2v) is 6.70. The lowest BCUT2D eigenvalue weighted by atomic mass is 10.2. The van der Waals surface area contributed by atoms with Crippen LogP contribution in [0.25, 0.3) is 0 Å². The van der Waals surface area contributed by atoms with E-state index in [-0.39, 0.29) is 22.6 Å². The third-order valence-electron chi connectivity index (χ3n) is 3.38. The van der Waals surface area contributed by atoms with Crippen LogP contribution in [0.4, 0.5) is 0 Å². The lowest BCUT2D eigenvalue weighted by Crippen LogP contribution is -2.42. The van der Waals surface area contributed by atoms with Crippen LogP contribution in [0.3, 0.4) is 0 Å². The van der Waals surface area contributed by atoms with Crippen molar-refractivity contribution >= 4 is 44.0 Å². The number of fused-ring (bicyclic) bond motifs is 1. The van der Waals surface area contributed by atoms with Crippen molar-refractivity contribution in [1.82, 2.24) is 5.43 Å². The molecule has 0 spiro atoms. The number of para-hydroxylation sites is 2. The van der Waals surface area contributed by atoms with Crippen molar-refractivity contribution in [1.29, 1.82) is 0 Å². The summed E-state index contributed by atoms with van der Waals surface area (Å²) < 4.78 is 11.5. The molecule has 0 unspecified atom stereocenters. The molecule has 0 radical (unpaired) electrons. The van der Waals surface area contributed by atoms with Crippen LogP contribution >= 0.6 is 31.9 Å². The Balaban J connectivity index is 1.66. The minimum absolute atomic E-state index is 0.0694. The lowest BCUT2D eigenvalue weighted by Gasteiger charge is -2.24. The third-order valence-corrected chi connectivity index (χ3v) is 4.73. The zero-order valence-corrected chi connectivity index (χ0v) is 15.7. The molecule has 2 aromatic rings. The topological polar surface area (TPSA) is 100 Å². The number of carbonyl (C=O) groups excluding carboxylic acids is 1. The number of phenolic OH excluding ortho intramolecular Hbond substituents is 2. The van der Waals surface area contributed by atoms with Crippen LogP contribution in [0.15, 0.2) is 44.4 Å². The Kier molecular flexibility index (Phi) is 5.14. The summed E-state index contributed by atoms with van der Waals surface area (Å²) in [7, 11) is 0. The number of nitrogens with one attached hydrogen (secondary N) is 1. The van der Waals surface area contributed by atoms with Gasteiger partial charge in [0.15, 0.2) is 11.5 Å². The molecule has 0 saturated heterocycles. The second-order valence-electron chi connectivity index (χ2n) is 5.06. The van der Waals surface area contributed by atoms with Crippen LogP contribution in [0, 0.1) is 0 Å². The minimum Gasteiger partial charge on any atom is -0.506 e. The predicted molar refractivity (Wildman–Crippen MR) is 97.3 cm³/mol. The number of ether oxygens (including phenoxy) is 2. The van der Waals surface area contributed by atoms with E-state index >= 15 is 0 Å². The van der Waals surface area contributed by atoms with Gasteiger partial charge in [0.2, 0.25) is 6.10 Å². The predicted octanol–water partition coefficient (Wildman–Crippen LogP) is 2.91. The van der Waals surface area contributed by atoms with Gasteiger partial charge in [0.25, 0.3) is 5.91 Å². The summed E-state index contributed by atoms with van der Waals surface area (Å²) in [5.41, 5.74) is 2.63. The van der Waals surface area contributed by atoms with Gasteiger partial charge < -0.3 is 19.7 Å². The highest BCUT2D eigenvalue weighted by atomic mass is 79.9. The van der Waals surface area contributed by atoms with Crippen molar-refractivity contribution in [3.05, 3.63) is 44.8 Å². The SMILES string of the molecule is O=C(N/N=C/c1cc(Br)c(O)c(Br)c1O)[C@H]1COc2ccccc2O1. The van der Waals surface area contributed by atoms with Crippen LogP contribution in [-0.2, 0) is 4.79 Å². The first-order valence-electron chi connectivity index (χ1n) is 7.08. The van der Waals surface area contributed by atoms with E-state index in [1.807, 2.05) is 6.07 Å². The highest BCUT2D eigenvalue weighted by molar-refractivity contribution is 9.11. The number of rotatable bonds is 3. The number of phenols is 2. The van der Waals surface area contributed by atoms with Crippen molar-refractivity contribution in [3.8, 4) is 23.0 Å². The van der Waals surface area contributed by atoms with E-state index in [0.717, 1.165) is 0 Å². The van der Waals surface area contributed by atoms with Crippen molar-refractivity contribution in [2.45, 2.75) is 6.10 Å². The summed E-state index contributed by atoms with van der Waals surface area (Å²) in [6.45, 7) is 0.0694. The standard InChI is InChI=1S/C16H12Br2N2O5/c17-9-5-8(14(21)13(18)15(9)22)6-19-20-16(23)12-7-24-10-3-1-2-4-11(10)25-12/h1-6,12,21-22H,7H2,(H,20,23)/b19-6+/t12-/m1/s1. The van der Waals surface area contributed by atoms with Crippen molar-refractivity contribution in [2.24, 2.45) is 5.10 Å². The monoisotopic (exact) mass is 470 g/mol. The first-order valence-corrected chi connectivity index (χ1v) is 8.67. The van der Waals surface area contributed by atoms with Gasteiger partial charge in [0, 0.05) is 5.56 Å². The second kappa shape index (κ2) is 7.32. The maximum atomic E-state index is 12.1. The smallest absolute Gasteiger partial charge is 0.284 e. The highest BCUT2D eigenvalue weighted by Gasteiger charge is 2.27. The zero-order valence-electron chi connectivity index (χ0n) is 12.6. The summed E-state index contributed by atoms with van der Waals surface area (Å²) in [5, 5.41) is 23.4. The van der Waals surface area contributed by atoms with Gasteiger partial charge in [0.05, 0.1) is 10.7 Å². The van der Waals surface area contributed by atoms with Crippen LogP contribution in [0.1, 0.15) is 5.56 Å². The molecule has 0 bridgehead atoms. The minimum atomic E-state index is -0.834. The van der Waals surface area contributed by atoms with Crippen LogP contribution in [0.5, 0.6) is 23.0 Å². The number of benzene rings is 2. The van der Waals surface area contributed by atoms with E-state index in [1.54, 1.807) is 18.2 Å². The largest absolute Gasteiger partial charge is 0.506 e. The maximum Gasteiger partial charge on any atom is 0.284 e. The Labute approximate surface area is 159 Å². The van der Waals surface area contributed by atoms with Gasteiger partial charge in [-0.15, -0.1) is 0 Å². The summed E-state index contributed by atoms with van der Waals surface area (Å²) in [6.07, 6.45) is 0.416. The van der Waals surface area contributed by atoms with E-state index in [0.29, 0.717) is 21.5 Å². The number of amides is 1. The molecule has 2 aromatic carbocycles. The number of hydrogen-bond acceptors (Lipinski definition) is 6. The molecule has 9 heteroatoms. The molecular weight excluding hydrogens is 460 g/mol. The first-order chi connectivity index (χ1) is 12.0. The first kappa shape index (κ1) is 17.6. The van der Waals surface area contributed by atoms with E-state index in [4.69, 9.17) is 9.47 Å². The van der Waals surface area contributed by atoms with Gasteiger partial charge in [0.1, 0.15) is 22.6 Å². The van der Waals surface area contributed by atoms with Crippen LogP contribution in [-0.4, -0.2) is 35.0 Å². The Hall–Kier alpha value is -2.26. The molecule has 3 N–H and O–H groups in total. The summed E-state index contributed by atoms with van der Waals surface area (Å²) >= 11 is 6.22. The Morgan fingerprint density at radius 2 is 1.96 bits per heavy atom. The molecular formula is C16H12Br2N2O5. The molecule has 1 amide bonds. The van der Waals surface area contributed by atoms with E-state index in [1.165, 1.54) is 12.3 Å². The Morgan fingerprint density at radius 1 is 1.24 bits per heavy atom. The molecule has 0 saturated carbocycles. The lowest BCUT2D eigenvalue weighted by molar-refractivity contribution is -0.130. The average molecular weight is 472 g/mol. The Bertz CT molecular complexity index is 857. The average Bonchev–Trinajstić information content (AvgIpc) is 2.63. The maximum absolute atomic E-state index is 12.1. The quantitative estimate of drug-likeness (QED) is 0.472. The third kappa shape index (κ3) is 3.72. The van der Waals surface area contributed by atoms with Crippen LogP contribution in [0.2, 0.25) is 0 Å². The molecule has 1 atom stereocenters. The fourth-order valence-corrected chi connectivity index (χ4v) is 3.25. The molecule has 25 heavy (non-hydrogen) atoms. The van der Waals surface area contributed by atoms with Crippen molar-refractivity contribution in [3.63, 3.8) is 0 Å². The Morgan fingerprint density at radius 3 is 2.72 bits per heavy atom. The highest BCUT2D eigenvalue weighted by Crippen LogP contribution is 2.40. The van der Waals surface area contributed by atoms with Crippen LogP contribution < -0.4 is 14.9 Å². The van der Waals surface area contributed by atoms with Gasteiger partial charge in [-0.1, -0.05) is 12.1 Å².